The normalized spacial score (nSPS) is 28.3. The van der Waals surface area contributed by atoms with Crippen LogP contribution in [0.2, 0.25) is 0 Å². The summed E-state index contributed by atoms with van der Waals surface area (Å²) in [6.07, 6.45) is 24.7. The summed E-state index contributed by atoms with van der Waals surface area (Å²) < 4.78 is 0. The monoisotopic (exact) mass is 297 g/mol. The maximum Gasteiger partial charge on any atom is 0.0518 e. The summed E-state index contributed by atoms with van der Waals surface area (Å²) in [7, 11) is 0. The molecule has 120 valence electrons. The molecule has 3 rings (SSSR count). The number of allylic oxidation sites excluding steroid dienone is 5. The van der Waals surface area contributed by atoms with Crippen LogP contribution in [-0.4, -0.2) is 6.04 Å². The van der Waals surface area contributed by atoms with Gasteiger partial charge in [-0.3, -0.25) is 0 Å². The minimum Gasteiger partial charge on any atom is -0.378 e. The van der Waals surface area contributed by atoms with E-state index in [1.165, 1.54) is 57.1 Å². The molecule has 1 heteroatoms. The SMILES string of the molecule is CCCCC1(CCCC)C2=CCCC=C2NC2C=CC=CC21. The van der Waals surface area contributed by atoms with Gasteiger partial charge in [-0.2, -0.15) is 0 Å². The Bertz CT molecular complexity index is 498. The predicted molar refractivity (Wildman–Crippen MR) is 95.6 cm³/mol. The highest BCUT2D eigenvalue weighted by atomic mass is 15.0. The summed E-state index contributed by atoms with van der Waals surface area (Å²) in [5.41, 5.74) is 3.44. The van der Waals surface area contributed by atoms with Crippen molar-refractivity contribution < 1.29 is 0 Å². The number of unbranched alkanes of at least 4 members (excludes halogenated alkanes) is 2. The van der Waals surface area contributed by atoms with Crippen molar-refractivity contribution >= 4 is 0 Å². The Morgan fingerprint density at radius 2 is 1.68 bits per heavy atom. The third kappa shape index (κ3) is 2.71. The Morgan fingerprint density at radius 1 is 1.00 bits per heavy atom. The Balaban J connectivity index is 2.02. The van der Waals surface area contributed by atoms with Crippen molar-refractivity contribution in [2.24, 2.45) is 11.3 Å². The Hall–Kier alpha value is -1.24. The smallest absolute Gasteiger partial charge is 0.0518 e. The molecule has 0 aromatic carbocycles. The van der Waals surface area contributed by atoms with Crippen LogP contribution in [0.4, 0.5) is 0 Å². The van der Waals surface area contributed by atoms with Gasteiger partial charge in [-0.05, 0) is 31.3 Å². The van der Waals surface area contributed by atoms with Gasteiger partial charge in [-0.25, -0.2) is 0 Å². The number of piperidine rings is 1. The van der Waals surface area contributed by atoms with E-state index >= 15 is 0 Å². The van der Waals surface area contributed by atoms with Crippen LogP contribution >= 0.6 is 0 Å². The topological polar surface area (TPSA) is 12.0 Å². The van der Waals surface area contributed by atoms with Crippen molar-refractivity contribution in [1.82, 2.24) is 5.32 Å². The molecule has 1 fully saturated rings. The number of nitrogens with one attached hydrogen (secondary N) is 1. The molecule has 1 saturated heterocycles. The Kier molecular flexibility index (Phi) is 4.90. The second-order valence-corrected chi connectivity index (χ2v) is 7.14. The average molecular weight is 297 g/mol. The van der Waals surface area contributed by atoms with Crippen molar-refractivity contribution in [3.63, 3.8) is 0 Å². The fraction of sp³-hybridized carbons (Fsp3) is 0.619. The molecule has 3 aliphatic rings. The third-order valence-electron chi connectivity index (χ3n) is 5.74. The predicted octanol–water partition coefficient (Wildman–Crippen LogP) is 5.67. The van der Waals surface area contributed by atoms with Crippen LogP contribution in [0.15, 0.2) is 47.7 Å². The molecule has 0 aromatic rings. The highest BCUT2D eigenvalue weighted by Gasteiger charge is 2.48. The molecule has 0 aromatic heterocycles. The third-order valence-corrected chi connectivity index (χ3v) is 5.74. The molecule has 0 radical (unpaired) electrons. The van der Waals surface area contributed by atoms with Crippen molar-refractivity contribution in [3.8, 4) is 0 Å². The number of hydrogen-bond donors (Lipinski definition) is 1. The van der Waals surface area contributed by atoms with Crippen molar-refractivity contribution in [2.45, 2.75) is 71.3 Å². The molecule has 22 heavy (non-hydrogen) atoms. The fourth-order valence-corrected chi connectivity index (χ4v) is 4.63. The maximum absolute atomic E-state index is 3.82. The summed E-state index contributed by atoms with van der Waals surface area (Å²) in [6.45, 7) is 4.66. The molecule has 2 unspecified atom stereocenters. The van der Waals surface area contributed by atoms with Crippen LogP contribution < -0.4 is 5.32 Å². The fourth-order valence-electron chi connectivity index (χ4n) is 4.63. The zero-order valence-electron chi connectivity index (χ0n) is 14.3. The molecule has 0 amide bonds. The van der Waals surface area contributed by atoms with Gasteiger partial charge in [0, 0.05) is 17.0 Å². The van der Waals surface area contributed by atoms with E-state index in [-0.39, 0.29) is 0 Å². The van der Waals surface area contributed by atoms with Gasteiger partial charge < -0.3 is 5.32 Å². The lowest BCUT2D eigenvalue weighted by Gasteiger charge is -2.52. The van der Waals surface area contributed by atoms with Crippen LogP contribution in [0.1, 0.15) is 65.2 Å². The maximum atomic E-state index is 3.82. The summed E-state index contributed by atoms with van der Waals surface area (Å²) in [4.78, 5) is 0. The van der Waals surface area contributed by atoms with Crippen LogP contribution in [0.25, 0.3) is 0 Å². The van der Waals surface area contributed by atoms with E-state index in [0.717, 1.165) is 0 Å². The Morgan fingerprint density at radius 3 is 2.41 bits per heavy atom. The van der Waals surface area contributed by atoms with Gasteiger partial charge in [-0.15, -0.1) is 0 Å². The molecule has 1 nitrogen and oxygen atoms in total. The lowest BCUT2D eigenvalue weighted by Crippen LogP contribution is -2.52. The first-order valence-electron chi connectivity index (χ1n) is 9.34. The zero-order valence-corrected chi connectivity index (χ0v) is 14.3. The quantitative estimate of drug-likeness (QED) is 0.666. The lowest BCUT2D eigenvalue weighted by atomic mass is 9.57. The van der Waals surface area contributed by atoms with Gasteiger partial charge in [0.05, 0.1) is 6.04 Å². The van der Waals surface area contributed by atoms with Gasteiger partial charge in [-0.1, -0.05) is 76.0 Å². The summed E-state index contributed by atoms with van der Waals surface area (Å²) in [5.74, 6) is 0.622. The van der Waals surface area contributed by atoms with E-state index < -0.39 is 0 Å². The van der Waals surface area contributed by atoms with Crippen LogP contribution in [-0.2, 0) is 0 Å². The highest BCUT2D eigenvalue weighted by molar-refractivity contribution is 5.45. The summed E-state index contributed by atoms with van der Waals surface area (Å²) in [6, 6.07) is 0.486. The molecular formula is C21H31N. The summed E-state index contributed by atoms with van der Waals surface area (Å²) in [5, 5.41) is 3.82. The molecule has 1 heterocycles. The molecule has 0 saturated carbocycles. The van der Waals surface area contributed by atoms with Crippen molar-refractivity contribution in [2.75, 3.05) is 0 Å². The van der Waals surface area contributed by atoms with Gasteiger partial charge in [0.1, 0.15) is 0 Å². The van der Waals surface area contributed by atoms with Crippen molar-refractivity contribution in [1.29, 1.82) is 0 Å². The first kappa shape index (κ1) is 15.6. The molecule has 2 atom stereocenters. The Labute approximate surface area is 136 Å². The molecular weight excluding hydrogens is 266 g/mol. The van der Waals surface area contributed by atoms with Gasteiger partial charge >= 0.3 is 0 Å². The second-order valence-electron chi connectivity index (χ2n) is 7.14. The minimum absolute atomic E-state index is 0.357. The molecule has 0 bridgehead atoms. The van der Waals surface area contributed by atoms with Gasteiger partial charge in [0.25, 0.3) is 0 Å². The number of rotatable bonds is 6. The summed E-state index contributed by atoms with van der Waals surface area (Å²) >= 11 is 0. The van der Waals surface area contributed by atoms with Crippen LogP contribution in [0, 0.1) is 11.3 Å². The van der Waals surface area contributed by atoms with E-state index in [9.17, 15) is 0 Å². The average Bonchev–Trinajstić information content (AvgIpc) is 2.57. The molecule has 1 aliphatic heterocycles. The largest absolute Gasteiger partial charge is 0.378 e. The van der Waals surface area contributed by atoms with E-state index in [4.69, 9.17) is 0 Å². The van der Waals surface area contributed by atoms with E-state index in [2.05, 4.69) is 55.6 Å². The molecule has 2 aliphatic carbocycles. The molecule has 1 N–H and O–H groups in total. The van der Waals surface area contributed by atoms with Crippen molar-refractivity contribution in [3.05, 3.63) is 47.7 Å². The van der Waals surface area contributed by atoms with E-state index in [1.807, 2.05) is 0 Å². The highest BCUT2D eigenvalue weighted by Crippen LogP contribution is 2.53. The van der Waals surface area contributed by atoms with E-state index in [1.54, 1.807) is 5.57 Å². The first-order valence-corrected chi connectivity index (χ1v) is 9.34. The zero-order chi connectivity index (χ0) is 15.4. The second kappa shape index (κ2) is 6.89. The van der Waals surface area contributed by atoms with Gasteiger partial charge in [0.15, 0.2) is 0 Å². The minimum atomic E-state index is 0.357. The molecule has 0 spiro atoms. The first-order chi connectivity index (χ1) is 10.8. The van der Waals surface area contributed by atoms with Gasteiger partial charge in [0.2, 0.25) is 0 Å². The van der Waals surface area contributed by atoms with E-state index in [0.29, 0.717) is 17.4 Å². The number of fused-ring (bicyclic) bond motifs is 2. The van der Waals surface area contributed by atoms with Crippen LogP contribution in [0.3, 0.4) is 0 Å². The lowest BCUT2D eigenvalue weighted by molar-refractivity contribution is 0.160. The van der Waals surface area contributed by atoms with Crippen LogP contribution in [0.5, 0.6) is 0 Å². The number of hydrogen-bond acceptors (Lipinski definition) is 1. The standard InChI is InChI=1S/C21H31N/c1-3-5-15-21(16-6-4-2)17-11-7-9-13-19(17)22-20-14-10-8-12-18(20)21/h7,9,11-14,17,19,22H,3-6,8,10,15-16H2,1-2H3.